The van der Waals surface area contributed by atoms with E-state index in [4.69, 9.17) is 7.85 Å². The molecule has 0 aromatic heterocycles. The fourth-order valence-corrected chi connectivity index (χ4v) is 1.65. The Hall–Kier alpha value is 0.0649. The first kappa shape index (κ1) is 12.1. The molecule has 0 aliphatic carbocycles. The van der Waals surface area contributed by atoms with Crippen LogP contribution in [-0.4, -0.2) is 7.85 Å². The van der Waals surface area contributed by atoms with Gasteiger partial charge in [-0.3, -0.25) is 0 Å². The molecule has 0 aromatic carbocycles. The quantitative estimate of drug-likeness (QED) is 0.378. The molecule has 0 aromatic rings. The van der Waals surface area contributed by atoms with Gasteiger partial charge in [-0.2, -0.15) is 0 Å². The summed E-state index contributed by atoms with van der Waals surface area (Å²) < 4.78 is 0. The van der Waals surface area contributed by atoms with E-state index >= 15 is 0 Å². The molecule has 1 atom stereocenters. The van der Waals surface area contributed by atoms with Crippen molar-refractivity contribution in [3.63, 3.8) is 0 Å². The molecule has 0 heterocycles. The first-order chi connectivity index (χ1) is 5.85. The molecule has 0 amide bonds. The van der Waals surface area contributed by atoms with Crippen LogP contribution in [0.1, 0.15) is 58.8 Å². The van der Waals surface area contributed by atoms with E-state index in [0.29, 0.717) is 0 Å². The van der Waals surface area contributed by atoms with Crippen molar-refractivity contribution in [1.29, 1.82) is 0 Å². The lowest BCUT2D eigenvalue weighted by Crippen LogP contribution is -1.98. The molecule has 0 N–H and O–H groups in total. The van der Waals surface area contributed by atoms with Gasteiger partial charge >= 0.3 is 0 Å². The van der Waals surface area contributed by atoms with Crippen molar-refractivity contribution in [1.82, 2.24) is 0 Å². The van der Waals surface area contributed by atoms with E-state index < -0.39 is 0 Å². The van der Waals surface area contributed by atoms with Crippen molar-refractivity contribution in [2.45, 2.75) is 65.1 Å². The molecular formula is C11H23B. The maximum atomic E-state index is 5.54. The van der Waals surface area contributed by atoms with Crippen molar-refractivity contribution in [2.75, 3.05) is 0 Å². The molecule has 1 heteroatoms. The molecule has 0 spiro atoms. The fraction of sp³-hybridized carbons (Fsp3) is 1.00. The Morgan fingerprint density at radius 1 is 1.00 bits per heavy atom. The highest BCUT2D eigenvalue weighted by Crippen LogP contribution is 2.18. The highest BCUT2D eigenvalue weighted by molar-refractivity contribution is 6.08. The molecule has 0 fully saturated rings. The van der Waals surface area contributed by atoms with E-state index in [1.165, 1.54) is 44.9 Å². The normalized spacial score (nSPS) is 13.2. The lowest BCUT2D eigenvalue weighted by Gasteiger charge is -2.12. The summed E-state index contributed by atoms with van der Waals surface area (Å²) in [7, 11) is 5.54. The summed E-state index contributed by atoms with van der Waals surface area (Å²) >= 11 is 0. The minimum atomic E-state index is 0.867. The Kier molecular flexibility index (Phi) is 9.20. The smallest absolute Gasteiger partial charge is 0.0653 e. The minimum absolute atomic E-state index is 0.867. The SMILES string of the molecule is [B]CCC(CC)CCCCCC. The molecule has 0 aliphatic heterocycles. The standard InChI is InChI=1S/C11H23B/c1-3-5-6-7-8-11(4-2)9-10-12/h11H,3-10H2,1-2H3. The van der Waals surface area contributed by atoms with Gasteiger partial charge < -0.3 is 0 Å². The zero-order valence-corrected chi connectivity index (χ0v) is 8.81. The van der Waals surface area contributed by atoms with Crippen molar-refractivity contribution in [3.05, 3.63) is 0 Å². The highest BCUT2D eigenvalue weighted by Gasteiger charge is 2.03. The summed E-state index contributed by atoms with van der Waals surface area (Å²) in [5.41, 5.74) is 0. The third-order valence-corrected chi connectivity index (χ3v) is 2.62. The molecule has 0 bridgehead atoms. The van der Waals surface area contributed by atoms with Gasteiger partial charge in [-0.05, 0) is 5.92 Å². The average molecular weight is 166 g/mol. The summed E-state index contributed by atoms with van der Waals surface area (Å²) in [5.74, 6) is 0.895. The largest absolute Gasteiger partial charge is 0.0884 e. The van der Waals surface area contributed by atoms with E-state index in [0.717, 1.165) is 12.2 Å². The summed E-state index contributed by atoms with van der Waals surface area (Å²) in [6.45, 7) is 4.54. The Morgan fingerprint density at radius 2 is 1.75 bits per heavy atom. The van der Waals surface area contributed by atoms with Crippen LogP contribution in [0.15, 0.2) is 0 Å². The van der Waals surface area contributed by atoms with Gasteiger partial charge in [0, 0.05) is 0 Å². The molecule has 0 saturated heterocycles. The molecule has 0 nitrogen and oxygen atoms in total. The lowest BCUT2D eigenvalue weighted by molar-refractivity contribution is 0.429. The van der Waals surface area contributed by atoms with Crippen LogP contribution in [0.4, 0.5) is 0 Å². The van der Waals surface area contributed by atoms with Crippen LogP contribution >= 0.6 is 0 Å². The Morgan fingerprint density at radius 3 is 2.25 bits per heavy atom. The number of hydrogen-bond acceptors (Lipinski definition) is 0. The van der Waals surface area contributed by atoms with Gasteiger partial charge in [-0.15, -0.1) is 0 Å². The predicted molar refractivity (Wildman–Crippen MR) is 57.7 cm³/mol. The van der Waals surface area contributed by atoms with Crippen molar-refractivity contribution >= 4 is 7.85 Å². The molecular weight excluding hydrogens is 143 g/mol. The first-order valence-electron chi connectivity index (χ1n) is 5.55. The van der Waals surface area contributed by atoms with Gasteiger partial charge in [0.15, 0.2) is 0 Å². The van der Waals surface area contributed by atoms with Gasteiger partial charge in [0.05, 0.1) is 7.85 Å². The number of rotatable bonds is 8. The molecule has 2 radical (unpaired) electrons. The van der Waals surface area contributed by atoms with Crippen LogP contribution < -0.4 is 0 Å². The molecule has 0 saturated carbocycles. The van der Waals surface area contributed by atoms with E-state index in [2.05, 4.69) is 13.8 Å². The van der Waals surface area contributed by atoms with Crippen molar-refractivity contribution in [3.8, 4) is 0 Å². The number of unbranched alkanes of at least 4 members (excludes halogenated alkanes) is 3. The zero-order valence-electron chi connectivity index (χ0n) is 8.81. The third-order valence-electron chi connectivity index (χ3n) is 2.62. The van der Waals surface area contributed by atoms with Crippen LogP contribution in [0.25, 0.3) is 0 Å². The summed E-state index contributed by atoms with van der Waals surface area (Å²) in [6.07, 6.45) is 10.4. The van der Waals surface area contributed by atoms with E-state index in [1.54, 1.807) is 0 Å². The minimum Gasteiger partial charge on any atom is -0.0884 e. The highest BCUT2D eigenvalue weighted by atomic mass is 14.1. The lowest BCUT2D eigenvalue weighted by atomic mass is 9.88. The van der Waals surface area contributed by atoms with Crippen LogP contribution in [0.5, 0.6) is 0 Å². The molecule has 0 aliphatic rings. The van der Waals surface area contributed by atoms with Gasteiger partial charge in [-0.1, -0.05) is 65.1 Å². The van der Waals surface area contributed by atoms with Gasteiger partial charge in [-0.25, -0.2) is 0 Å². The number of hydrogen-bond donors (Lipinski definition) is 0. The molecule has 0 rings (SSSR count). The Bertz CT molecular complexity index is 81.1. The summed E-state index contributed by atoms with van der Waals surface area (Å²) in [5, 5.41) is 0. The second kappa shape index (κ2) is 9.16. The van der Waals surface area contributed by atoms with Gasteiger partial charge in [0.1, 0.15) is 0 Å². The maximum absolute atomic E-state index is 5.54. The second-order valence-electron chi connectivity index (χ2n) is 3.70. The van der Waals surface area contributed by atoms with E-state index in [9.17, 15) is 0 Å². The van der Waals surface area contributed by atoms with Crippen LogP contribution in [-0.2, 0) is 0 Å². The molecule has 70 valence electrons. The summed E-state index contributed by atoms with van der Waals surface area (Å²) in [4.78, 5) is 0. The second-order valence-corrected chi connectivity index (χ2v) is 3.70. The maximum Gasteiger partial charge on any atom is 0.0653 e. The third kappa shape index (κ3) is 6.76. The van der Waals surface area contributed by atoms with Crippen LogP contribution in [0.3, 0.4) is 0 Å². The van der Waals surface area contributed by atoms with Crippen LogP contribution in [0, 0.1) is 5.92 Å². The predicted octanol–water partition coefficient (Wildman–Crippen LogP) is 3.96. The Labute approximate surface area is 79.5 Å². The Balaban J connectivity index is 3.19. The monoisotopic (exact) mass is 166 g/mol. The zero-order chi connectivity index (χ0) is 9.23. The topological polar surface area (TPSA) is 0 Å². The fourth-order valence-electron chi connectivity index (χ4n) is 1.65. The van der Waals surface area contributed by atoms with Crippen LogP contribution in [0.2, 0.25) is 6.32 Å². The average Bonchev–Trinajstić information content (AvgIpc) is 2.10. The first-order valence-corrected chi connectivity index (χ1v) is 5.55. The van der Waals surface area contributed by atoms with E-state index in [-0.39, 0.29) is 0 Å². The van der Waals surface area contributed by atoms with Gasteiger partial charge in [0.2, 0.25) is 0 Å². The molecule has 1 unspecified atom stereocenters. The van der Waals surface area contributed by atoms with E-state index in [1.807, 2.05) is 0 Å². The van der Waals surface area contributed by atoms with Gasteiger partial charge in [0.25, 0.3) is 0 Å². The van der Waals surface area contributed by atoms with Crippen molar-refractivity contribution in [2.24, 2.45) is 5.92 Å². The molecule has 12 heavy (non-hydrogen) atoms. The van der Waals surface area contributed by atoms with Crippen molar-refractivity contribution < 1.29 is 0 Å². The summed E-state index contributed by atoms with van der Waals surface area (Å²) in [6, 6.07) is 0.